The molecule has 0 amide bonds. The standard InChI is InChI=1S/C19H23N7/c1-13-11-14(26(2)25-13)12-22-18-15-6-9-20-10-7-16(15)23-19(24-18)17-5-3-4-8-21-17/h3-5,8,11,20H,6-7,9-10,12H2,1-2H3,(H,22,23,24). The van der Waals surface area contributed by atoms with Crippen molar-refractivity contribution in [1.29, 1.82) is 0 Å². The Morgan fingerprint density at radius 1 is 1.19 bits per heavy atom. The molecule has 0 unspecified atom stereocenters. The number of fused-ring (bicyclic) bond motifs is 1. The number of hydrogen-bond donors (Lipinski definition) is 2. The van der Waals surface area contributed by atoms with Crippen LogP contribution in [0.2, 0.25) is 0 Å². The van der Waals surface area contributed by atoms with Crippen LogP contribution in [0, 0.1) is 6.92 Å². The number of anilines is 1. The number of aromatic nitrogens is 5. The Bertz CT molecular complexity index is 902. The first-order chi connectivity index (χ1) is 12.7. The summed E-state index contributed by atoms with van der Waals surface area (Å²) in [6.45, 7) is 4.56. The molecule has 7 nitrogen and oxygen atoms in total. The number of aryl methyl sites for hydroxylation is 2. The molecular formula is C19H23N7. The van der Waals surface area contributed by atoms with Gasteiger partial charge in [0.1, 0.15) is 11.5 Å². The second-order valence-corrected chi connectivity index (χ2v) is 6.54. The molecule has 2 N–H and O–H groups in total. The van der Waals surface area contributed by atoms with E-state index in [0.29, 0.717) is 12.4 Å². The van der Waals surface area contributed by atoms with E-state index >= 15 is 0 Å². The summed E-state index contributed by atoms with van der Waals surface area (Å²) in [7, 11) is 1.97. The average Bonchev–Trinajstić information content (AvgIpc) is 2.84. The highest BCUT2D eigenvalue weighted by atomic mass is 15.3. The molecular weight excluding hydrogens is 326 g/mol. The zero-order valence-electron chi connectivity index (χ0n) is 15.2. The van der Waals surface area contributed by atoms with Crippen LogP contribution in [0.1, 0.15) is 22.6 Å². The van der Waals surface area contributed by atoms with Gasteiger partial charge in [0.15, 0.2) is 5.82 Å². The van der Waals surface area contributed by atoms with Gasteiger partial charge >= 0.3 is 0 Å². The van der Waals surface area contributed by atoms with E-state index in [1.165, 1.54) is 5.56 Å². The van der Waals surface area contributed by atoms with E-state index in [-0.39, 0.29) is 0 Å². The third kappa shape index (κ3) is 3.43. The van der Waals surface area contributed by atoms with Crippen LogP contribution in [0.15, 0.2) is 30.5 Å². The highest BCUT2D eigenvalue weighted by molar-refractivity contribution is 5.57. The van der Waals surface area contributed by atoms with Gasteiger partial charge in [-0.25, -0.2) is 9.97 Å². The number of rotatable bonds is 4. The van der Waals surface area contributed by atoms with Crippen LogP contribution < -0.4 is 10.6 Å². The molecule has 1 aliphatic heterocycles. The molecule has 134 valence electrons. The van der Waals surface area contributed by atoms with Crippen LogP contribution in [0.4, 0.5) is 5.82 Å². The van der Waals surface area contributed by atoms with Gasteiger partial charge in [-0.3, -0.25) is 9.67 Å². The topological polar surface area (TPSA) is 80.5 Å². The van der Waals surface area contributed by atoms with Gasteiger partial charge in [-0.15, -0.1) is 0 Å². The minimum Gasteiger partial charge on any atom is -0.364 e. The molecule has 0 bridgehead atoms. The summed E-state index contributed by atoms with van der Waals surface area (Å²) in [5.41, 5.74) is 5.25. The molecule has 0 fully saturated rings. The summed E-state index contributed by atoms with van der Waals surface area (Å²) >= 11 is 0. The lowest BCUT2D eigenvalue weighted by Gasteiger charge is -2.14. The maximum absolute atomic E-state index is 4.81. The van der Waals surface area contributed by atoms with Crippen molar-refractivity contribution in [3.05, 3.63) is 53.1 Å². The average molecular weight is 349 g/mol. The first-order valence-corrected chi connectivity index (χ1v) is 8.96. The Kier molecular flexibility index (Phi) is 4.62. The van der Waals surface area contributed by atoms with Gasteiger partial charge in [-0.2, -0.15) is 5.10 Å². The first-order valence-electron chi connectivity index (χ1n) is 8.96. The van der Waals surface area contributed by atoms with Crippen molar-refractivity contribution in [2.45, 2.75) is 26.3 Å². The highest BCUT2D eigenvalue weighted by Crippen LogP contribution is 2.24. The van der Waals surface area contributed by atoms with Crippen molar-refractivity contribution in [1.82, 2.24) is 30.0 Å². The molecule has 0 radical (unpaired) electrons. The lowest BCUT2D eigenvalue weighted by Crippen LogP contribution is -2.16. The van der Waals surface area contributed by atoms with Crippen molar-refractivity contribution in [3.63, 3.8) is 0 Å². The first kappa shape index (κ1) is 16.7. The van der Waals surface area contributed by atoms with Crippen molar-refractivity contribution in [2.75, 3.05) is 18.4 Å². The van der Waals surface area contributed by atoms with Gasteiger partial charge in [0, 0.05) is 31.8 Å². The quantitative estimate of drug-likeness (QED) is 0.749. The maximum atomic E-state index is 4.81. The Morgan fingerprint density at radius 3 is 2.85 bits per heavy atom. The summed E-state index contributed by atoms with van der Waals surface area (Å²) < 4.78 is 1.91. The summed E-state index contributed by atoms with van der Waals surface area (Å²) in [5.74, 6) is 1.58. The van der Waals surface area contributed by atoms with Crippen molar-refractivity contribution >= 4 is 5.82 Å². The molecule has 0 atom stereocenters. The minimum absolute atomic E-state index is 0.676. The predicted octanol–water partition coefficient (Wildman–Crippen LogP) is 1.88. The Labute approximate surface area is 152 Å². The molecule has 4 heterocycles. The van der Waals surface area contributed by atoms with Crippen LogP contribution in [-0.4, -0.2) is 37.8 Å². The third-order valence-electron chi connectivity index (χ3n) is 4.61. The van der Waals surface area contributed by atoms with E-state index in [0.717, 1.165) is 54.5 Å². The van der Waals surface area contributed by atoms with Gasteiger partial charge < -0.3 is 10.6 Å². The smallest absolute Gasteiger partial charge is 0.180 e. The second kappa shape index (κ2) is 7.21. The van der Waals surface area contributed by atoms with Crippen LogP contribution in [-0.2, 0) is 26.4 Å². The van der Waals surface area contributed by atoms with Gasteiger partial charge in [0.25, 0.3) is 0 Å². The molecule has 7 heteroatoms. The zero-order valence-corrected chi connectivity index (χ0v) is 15.2. The van der Waals surface area contributed by atoms with E-state index < -0.39 is 0 Å². The summed E-state index contributed by atoms with van der Waals surface area (Å²) in [5, 5.41) is 11.4. The fourth-order valence-electron chi connectivity index (χ4n) is 3.30. The SMILES string of the molecule is Cc1cc(CNc2nc(-c3ccccn3)nc3c2CCNCC3)n(C)n1. The monoisotopic (exact) mass is 349 g/mol. The molecule has 0 aromatic carbocycles. The normalized spacial score (nSPS) is 13.9. The minimum atomic E-state index is 0.676. The molecule has 3 aromatic rings. The molecule has 0 saturated carbocycles. The summed E-state index contributed by atoms with van der Waals surface area (Å²) in [6.07, 6.45) is 3.60. The summed E-state index contributed by atoms with van der Waals surface area (Å²) in [4.78, 5) is 14.0. The van der Waals surface area contributed by atoms with Crippen molar-refractivity contribution in [2.24, 2.45) is 7.05 Å². The molecule has 1 aliphatic rings. The van der Waals surface area contributed by atoms with E-state index in [9.17, 15) is 0 Å². The maximum Gasteiger partial charge on any atom is 0.180 e. The Hall–Kier alpha value is -2.80. The van der Waals surface area contributed by atoms with E-state index in [4.69, 9.17) is 9.97 Å². The highest BCUT2D eigenvalue weighted by Gasteiger charge is 2.18. The Morgan fingerprint density at radius 2 is 2.08 bits per heavy atom. The number of pyridine rings is 1. The lowest BCUT2D eigenvalue weighted by atomic mass is 10.1. The van der Waals surface area contributed by atoms with E-state index in [1.807, 2.05) is 36.9 Å². The molecule has 3 aromatic heterocycles. The van der Waals surface area contributed by atoms with E-state index in [2.05, 4.69) is 26.8 Å². The zero-order chi connectivity index (χ0) is 17.9. The van der Waals surface area contributed by atoms with Crippen LogP contribution in [0.5, 0.6) is 0 Å². The van der Waals surface area contributed by atoms with Crippen LogP contribution in [0.3, 0.4) is 0 Å². The molecule has 0 spiro atoms. The third-order valence-corrected chi connectivity index (χ3v) is 4.61. The van der Waals surface area contributed by atoms with Crippen molar-refractivity contribution < 1.29 is 0 Å². The summed E-state index contributed by atoms with van der Waals surface area (Å²) in [6, 6.07) is 7.91. The van der Waals surface area contributed by atoms with Gasteiger partial charge in [-0.1, -0.05) is 6.07 Å². The van der Waals surface area contributed by atoms with Crippen LogP contribution in [0.25, 0.3) is 11.5 Å². The number of nitrogens with zero attached hydrogens (tertiary/aromatic N) is 5. The van der Waals surface area contributed by atoms with Crippen LogP contribution >= 0.6 is 0 Å². The second-order valence-electron chi connectivity index (χ2n) is 6.54. The fourth-order valence-corrected chi connectivity index (χ4v) is 3.30. The largest absolute Gasteiger partial charge is 0.364 e. The lowest BCUT2D eigenvalue weighted by molar-refractivity contribution is 0.707. The molecule has 4 rings (SSSR count). The van der Waals surface area contributed by atoms with Gasteiger partial charge in [-0.05, 0) is 38.1 Å². The number of hydrogen-bond acceptors (Lipinski definition) is 6. The van der Waals surface area contributed by atoms with Gasteiger partial charge in [0.05, 0.1) is 23.6 Å². The van der Waals surface area contributed by atoms with Crippen molar-refractivity contribution in [3.8, 4) is 11.5 Å². The fraction of sp³-hybridized carbons (Fsp3) is 0.368. The molecule has 26 heavy (non-hydrogen) atoms. The molecule has 0 saturated heterocycles. The van der Waals surface area contributed by atoms with E-state index in [1.54, 1.807) is 6.20 Å². The van der Waals surface area contributed by atoms with Gasteiger partial charge in [0.2, 0.25) is 0 Å². The Balaban J connectivity index is 1.70. The molecule has 0 aliphatic carbocycles. The predicted molar refractivity (Wildman–Crippen MR) is 101 cm³/mol. The number of nitrogens with one attached hydrogen (secondary N) is 2.